The van der Waals surface area contributed by atoms with Crippen LogP contribution in [0.5, 0.6) is 0 Å². The molecule has 0 aliphatic rings. The van der Waals surface area contributed by atoms with Gasteiger partial charge in [-0.3, -0.25) is 0 Å². The number of alkyl halides is 4. The second kappa shape index (κ2) is 4.28. The molecule has 0 aromatic carbocycles. The Bertz CT molecular complexity index is 271. The SMILES string of the molecule is FC(F)(F)c1nc(CCCCl)cs1. The van der Waals surface area contributed by atoms with Gasteiger partial charge in [0.25, 0.3) is 0 Å². The fourth-order valence-electron chi connectivity index (χ4n) is 0.800. The quantitative estimate of drug-likeness (QED) is 0.725. The second-order valence-corrected chi connectivity index (χ2v) is 3.67. The number of nitrogens with zero attached hydrogens (tertiary/aromatic N) is 1. The highest BCUT2D eigenvalue weighted by atomic mass is 35.5. The third-order valence-corrected chi connectivity index (χ3v) is 2.56. The van der Waals surface area contributed by atoms with Gasteiger partial charge in [0.2, 0.25) is 0 Å². The molecular formula is C7H7ClF3NS. The predicted molar refractivity (Wildman–Crippen MR) is 46.2 cm³/mol. The Hall–Kier alpha value is -0.290. The number of halogens is 4. The maximum Gasteiger partial charge on any atom is 0.443 e. The molecule has 6 heteroatoms. The van der Waals surface area contributed by atoms with Gasteiger partial charge in [-0.1, -0.05) is 0 Å². The number of hydrogen-bond acceptors (Lipinski definition) is 2. The lowest BCUT2D eigenvalue weighted by atomic mass is 10.3. The number of aryl methyl sites for hydroxylation is 1. The Morgan fingerprint density at radius 3 is 2.62 bits per heavy atom. The summed E-state index contributed by atoms with van der Waals surface area (Å²) in [7, 11) is 0. The van der Waals surface area contributed by atoms with Crippen molar-refractivity contribution in [2.75, 3.05) is 5.88 Å². The molecule has 0 fully saturated rings. The fourth-order valence-corrected chi connectivity index (χ4v) is 1.66. The van der Waals surface area contributed by atoms with E-state index in [4.69, 9.17) is 11.6 Å². The molecule has 1 nitrogen and oxygen atoms in total. The van der Waals surface area contributed by atoms with E-state index in [0.717, 1.165) is 0 Å². The lowest BCUT2D eigenvalue weighted by molar-refractivity contribution is -0.137. The first-order chi connectivity index (χ1) is 6.04. The molecule has 13 heavy (non-hydrogen) atoms. The van der Waals surface area contributed by atoms with Crippen LogP contribution in [-0.2, 0) is 12.6 Å². The summed E-state index contributed by atoms with van der Waals surface area (Å²) in [5, 5.41) is 0.645. The molecule has 0 atom stereocenters. The van der Waals surface area contributed by atoms with E-state index in [1.165, 1.54) is 5.38 Å². The van der Waals surface area contributed by atoms with Crippen LogP contribution in [0.25, 0.3) is 0 Å². The average molecular weight is 230 g/mol. The molecule has 0 saturated carbocycles. The molecule has 1 aromatic rings. The Morgan fingerprint density at radius 2 is 2.15 bits per heavy atom. The van der Waals surface area contributed by atoms with Crippen LogP contribution in [-0.4, -0.2) is 10.9 Å². The number of aromatic nitrogens is 1. The van der Waals surface area contributed by atoms with Crippen molar-refractivity contribution in [1.82, 2.24) is 4.98 Å². The van der Waals surface area contributed by atoms with Crippen molar-refractivity contribution in [3.05, 3.63) is 16.1 Å². The monoisotopic (exact) mass is 229 g/mol. The maximum atomic E-state index is 12.0. The predicted octanol–water partition coefficient (Wildman–Crippen LogP) is 3.33. The topological polar surface area (TPSA) is 12.9 Å². The van der Waals surface area contributed by atoms with Gasteiger partial charge in [-0.15, -0.1) is 22.9 Å². The van der Waals surface area contributed by atoms with E-state index in [9.17, 15) is 13.2 Å². The molecule has 0 saturated heterocycles. The lowest BCUT2D eigenvalue weighted by Gasteiger charge is -1.99. The third-order valence-electron chi connectivity index (χ3n) is 1.36. The van der Waals surface area contributed by atoms with Crippen molar-refractivity contribution < 1.29 is 13.2 Å². The standard InChI is InChI=1S/C7H7ClF3NS/c8-3-1-2-5-4-13-6(12-5)7(9,10)11/h4H,1-3H2. The molecular weight excluding hydrogens is 223 g/mol. The highest BCUT2D eigenvalue weighted by Crippen LogP contribution is 2.31. The molecule has 0 radical (unpaired) electrons. The zero-order valence-corrected chi connectivity index (χ0v) is 8.14. The minimum Gasteiger partial charge on any atom is -0.237 e. The smallest absolute Gasteiger partial charge is 0.237 e. The summed E-state index contributed by atoms with van der Waals surface area (Å²) in [4.78, 5) is 3.45. The van der Waals surface area contributed by atoms with E-state index in [2.05, 4.69) is 4.98 Å². The summed E-state index contributed by atoms with van der Waals surface area (Å²) in [5.41, 5.74) is 0.470. The van der Waals surface area contributed by atoms with Crippen molar-refractivity contribution in [3.63, 3.8) is 0 Å². The van der Waals surface area contributed by atoms with E-state index >= 15 is 0 Å². The summed E-state index contributed by atoms with van der Waals surface area (Å²) in [6.45, 7) is 0. The van der Waals surface area contributed by atoms with Crippen molar-refractivity contribution in [2.45, 2.75) is 19.0 Å². The normalized spacial score (nSPS) is 12.0. The molecule has 1 aromatic heterocycles. The van der Waals surface area contributed by atoms with Crippen LogP contribution in [0.15, 0.2) is 5.38 Å². The van der Waals surface area contributed by atoms with E-state index in [1.807, 2.05) is 0 Å². The molecule has 74 valence electrons. The number of hydrogen-bond donors (Lipinski definition) is 0. The van der Waals surface area contributed by atoms with Gasteiger partial charge in [-0.05, 0) is 12.8 Å². The Morgan fingerprint density at radius 1 is 1.46 bits per heavy atom. The molecule has 0 unspecified atom stereocenters. The van der Waals surface area contributed by atoms with E-state index in [-0.39, 0.29) is 0 Å². The van der Waals surface area contributed by atoms with Gasteiger partial charge in [-0.25, -0.2) is 4.98 Å². The number of rotatable bonds is 3. The highest BCUT2D eigenvalue weighted by molar-refractivity contribution is 7.09. The van der Waals surface area contributed by atoms with Crippen molar-refractivity contribution >= 4 is 22.9 Å². The Balaban J connectivity index is 2.64. The molecule has 0 aliphatic carbocycles. The highest BCUT2D eigenvalue weighted by Gasteiger charge is 2.34. The number of thiazole rings is 1. The summed E-state index contributed by atoms with van der Waals surface area (Å²) in [6, 6.07) is 0. The summed E-state index contributed by atoms with van der Waals surface area (Å²) < 4.78 is 36.1. The van der Waals surface area contributed by atoms with Crippen LogP contribution < -0.4 is 0 Å². The average Bonchev–Trinajstić information content (AvgIpc) is 2.47. The Labute approximate surface area is 82.6 Å². The van der Waals surface area contributed by atoms with Crippen molar-refractivity contribution in [2.24, 2.45) is 0 Å². The van der Waals surface area contributed by atoms with Crippen LogP contribution >= 0.6 is 22.9 Å². The maximum absolute atomic E-state index is 12.0. The largest absolute Gasteiger partial charge is 0.443 e. The van der Waals surface area contributed by atoms with Gasteiger partial charge < -0.3 is 0 Å². The van der Waals surface area contributed by atoms with Crippen LogP contribution in [0.4, 0.5) is 13.2 Å². The van der Waals surface area contributed by atoms with Crippen molar-refractivity contribution in [3.8, 4) is 0 Å². The first-order valence-corrected chi connectivity index (χ1v) is 5.03. The molecule has 1 rings (SSSR count). The van der Waals surface area contributed by atoms with Gasteiger partial charge in [0.1, 0.15) is 0 Å². The third kappa shape index (κ3) is 3.15. The first-order valence-electron chi connectivity index (χ1n) is 3.61. The van der Waals surface area contributed by atoms with Crippen LogP contribution in [0.1, 0.15) is 17.1 Å². The van der Waals surface area contributed by atoms with Crippen molar-refractivity contribution in [1.29, 1.82) is 0 Å². The minimum atomic E-state index is -4.32. The van der Waals surface area contributed by atoms with E-state index in [0.29, 0.717) is 35.8 Å². The van der Waals surface area contributed by atoms with Gasteiger partial charge >= 0.3 is 6.18 Å². The van der Waals surface area contributed by atoms with Crippen LogP contribution in [0, 0.1) is 0 Å². The summed E-state index contributed by atoms with van der Waals surface area (Å²) >= 11 is 6.03. The molecule has 0 bridgehead atoms. The first kappa shape index (κ1) is 10.8. The van der Waals surface area contributed by atoms with Crippen LogP contribution in [0.2, 0.25) is 0 Å². The zero-order valence-electron chi connectivity index (χ0n) is 6.57. The van der Waals surface area contributed by atoms with E-state index in [1.54, 1.807) is 0 Å². The van der Waals surface area contributed by atoms with Gasteiger partial charge in [-0.2, -0.15) is 13.2 Å². The van der Waals surface area contributed by atoms with Crippen LogP contribution in [0.3, 0.4) is 0 Å². The van der Waals surface area contributed by atoms with Gasteiger partial charge in [0, 0.05) is 11.3 Å². The molecule has 0 N–H and O–H groups in total. The molecule has 1 heterocycles. The zero-order chi connectivity index (χ0) is 9.90. The van der Waals surface area contributed by atoms with E-state index < -0.39 is 11.2 Å². The van der Waals surface area contributed by atoms with Gasteiger partial charge in [0.05, 0.1) is 5.69 Å². The lowest BCUT2D eigenvalue weighted by Crippen LogP contribution is -2.04. The molecule has 0 spiro atoms. The summed E-state index contributed by atoms with van der Waals surface area (Å²) in [5.74, 6) is 0.443. The molecule has 0 amide bonds. The minimum absolute atomic E-state index is 0.443. The molecule has 0 aliphatic heterocycles. The Kier molecular flexibility index (Phi) is 3.55. The fraction of sp³-hybridized carbons (Fsp3) is 0.571. The second-order valence-electron chi connectivity index (χ2n) is 2.43. The summed E-state index contributed by atoms with van der Waals surface area (Å²) in [6.07, 6.45) is -3.15. The van der Waals surface area contributed by atoms with Gasteiger partial charge in [0.15, 0.2) is 5.01 Å².